The summed E-state index contributed by atoms with van der Waals surface area (Å²) < 4.78 is 16.2. The average molecular weight is 271 g/mol. The smallest absolute Gasteiger partial charge is 0.655 e. The van der Waals surface area contributed by atoms with Gasteiger partial charge in [-0.2, -0.15) is 0 Å². The molecule has 2 aromatic rings. The molecule has 0 saturated carbocycles. The zero-order chi connectivity index (χ0) is 12.5. The molecular formula is C12H18LiNO2Si2. The molecule has 92 valence electrons. The molecule has 0 radical (unpaired) electrons. The minimum Gasteiger partial charge on any atom is -0.655 e. The van der Waals surface area contributed by atoms with Crippen molar-refractivity contribution in [2.75, 3.05) is 0 Å². The first kappa shape index (κ1) is 15.6. The van der Waals surface area contributed by atoms with Crippen molar-refractivity contribution in [2.45, 2.75) is 26.2 Å². The third-order valence-electron chi connectivity index (χ3n) is 2.81. The topological polar surface area (TPSA) is 40.4 Å². The second kappa shape index (κ2) is 5.68. The van der Waals surface area contributed by atoms with Crippen LogP contribution in [0.2, 0.25) is 26.2 Å². The molecule has 0 N–H and O–H groups in total. The van der Waals surface area contributed by atoms with Crippen LogP contribution in [0, 0.1) is 0 Å². The fourth-order valence-corrected chi connectivity index (χ4v) is 10.3. The molecule has 3 nitrogen and oxygen atoms in total. The van der Waals surface area contributed by atoms with Crippen molar-refractivity contribution < 1.29 is 27.7 Å². The van der Waals surface area contributed by atoms with Gasteiger partial charge in [-0.15, -0.1) is 0 Å². The zero-order valence-electron chi connectivity index (χ0n) is 11.7. The number of hydrogen-bond donors (Lipinski definition) is 0. The van der Waals surface area contributed by atoms with Gasteiger partial charge in [-0.1, -0.05) is 26.2 Å². The quantitative estimate of drug-likeness (QED) is 0.721. The SMILES string of the molecule is C[Si](C)([N-][Si](C)(C)c1ccco1)c1ccco1.[Li+]. The molecule has 2 rings (SSSR count). The molecule has 0 spiro atoms. The molecule has 0 amide bonds. The minimum atomic E-state index is -1.86. The van der Waals surface area contributed by atoms with E-state index in [1.165, 1.54) is 0 Å². The molecule has 6 heteroatoms. The Morgan fingerprint density at radius 3 is 1.50 bits per heavy atom. The van der Waals surface area contributed by atoms with Crippen LogP contribution in [0.3, 0.4) is 0 Å². The predicted octanol–water partition coefficient (Wildman–Crippen LogP) is -0.225. The van der Waals surface area contributed by atoms with E-state index in [1.807, 2.05) is 24.3 Å². The van der Waals surface area contributed by atoms with Gasteiger partial charge in [-0.25, -0.2) is 0 Å². The summed E-state index contributed by atoms with van der Waals surface area (Å²) >= 11 is 0. The van der Waals surface area contributed by atoms with E-state index in [2.05, 4.69) is 26.2 Å². The fourth-order valence-electron chi connectivity index (χ4n) is 2.06. The van der Waals surface area contributed by atoms with Crippen molar-refractivity contribution in [2.24, 2.45) is 0 Å². The molecule has 0 aromatic carbocycles. The van der Waals surface area contributed by atoms with E-state index in [1.54, 1.807) is 12.5 Å². The van der Waals surface area contributed by atoms with Gasteiger partial charge in [0, 0.05) is 16.5 Å². The maximum atomic E-state index is 5.52. The number of furan rings is 2. The monoisotopic (exact) mass is 271 g/mol. The van der Waals surface area contributed by atoms with Crippen LogP contribution in [-0.2, 0) is 0 Å². The predicted molar refractivity (Wildman–Crippen MR) is 75.0 cm³/mol. The van der Waals surface area contributed by atoms with E-state index in [-0.39, 0.29) is 18.9 Å². The third-order valence-corrected chi connectivity index (χ3v) is 10.3. The van der Waals surface area contributed by atoms with Gasteiger partial charge in [-0.05, 0) is 24.3 Å². The maximum Gasteiger partial charge on any atom is 1.00 e. The molecule has 2 aromatic heterocycles. The van der Waals surface area contributed by atoms with E-state index in [0.717, 1.165) is 10.8 Å². The summed E-state index contributed by atoms with van der Waals surface area (Å²) in [6.45, 7) is 8.85. The van der Waals surface area contributed by atoms with Crippen molar-refractivity contribution >= 4 is 27.2 Å². The van der Waals surface area contributed by atoms with Crippen LogP contribution in [0.15, 0.2) is 45.6 Å². The Bertz CT molecular complexity index is 422. The molecule has 0 fully saturated rings. The molecular weight excluding hydrogens is 253 g/mol. The van der Waals surface area contributed by atoms with Gasteiger partial charge >= 0.3 is 18.9 Å². The summed E-state index contributed by atoms with van der Waals surface area (Å²) in [6, 6.07) is 7.92. The van der Waals surface area contributed by atoms with E-state index in [4.69, 9.17) is 13.5 Å². The summed E-state index contributed by atoms with van der Waals surface area (Å²) in [4.78, 5) is 0. The molecule has 0 atom stereocenters. The molecule has 0 bridgehead atoms. The summed E-state index contributed by atoms with van der Waals surface area (Å²) in [5.41, 5.74) is 0. The van der Waals surface area contributed by atoms with Crippen LogP contribution in [0.25, 0.3) is 4.65 Å². The van der Waals surface area contributed by atoms with E-state index in [9.17, 15) is 0 Å². The van der Waals surface area contributed by atoms with Crippen molar-refractivity contribution in [3.05, 3.63) is 41.4 Å². The standard InChI is InChI=1S/C12H18NO2Si2.Li/c1-16(2,11-7-5-9-14-11)13-17(3,4)12-8-6-10-15-12;/h5-10H,1-4H3;/q-1;+1. The molecule has 0 aliphatic carbocycles. The van der Waals surface area contributed by atoms with E-state index >= 15 is 0 Å². The summed E-state index contributed by atoms with van der Waals surface area (Å²) in [7, 11) is -3.72. The van der Waals surface area contributed by atoms with Crippen molar-refractivity contribution in [3.8, 4) is 0 Å². The molecule has 0 unspecified atom stereocenters. The minimum absolute atomic E-state index is 0. The van der Waals surface area contributed by atoms with Crippen molar-refractivity contribution in [1.29, 1.82) is 0 Å². The van der Waals surface area contributed by atoms with Gasteiger partial charge < -0.3 is 13.5 Å². The van der Waals surface area contributed by atoms with Gasteiger partial charge in [0.05, 0.1) is 23.3 Å². The fraction of sp³-hybridized carbons (Fsp3) is 0.333. The normalized spacial score (nSPS) is 12.2. The Kier molecular flexibility index (Phi) is 4.92. The second-order valence-corrected chi connectivity index (χ2v) is 13.3. The van der Waals surface area contributed by atoms with Crippen molar-refractivity contribution in [3.63, 3.8) is 0 Å². The van der Waals surface area contributed by atoms with Crippen LogP contribution in [0.4, 0.5) is 0 Å². The Morgan fingerprint density at radius 1 is 0.833 bits per heavy atom. The largest absolute Gasteiger partial charge is 1.00 e. The van der Waals surface area contributed by atoms with E-state index in [0.29, 0.717) is 0 Å². The molecule has 2 heterocycles. The van der Waals surface area contributed by atoms with Gasteiger partial charge in [0.15, 0.2) is 0 Å². The van der Waals surface area contributed by atoms with Gasteiger partial charge in [0.2, 0.25) is 0 Å². The van der Waals surface area contributed by atoms with Crippen LogP contribution in [-0.4, -0.2) is 16.5 Å². The first-order valence-electron chi connectivity index (χ1n) is 5.74. The molecule has 18 heavy (non-hydrogen) atoms. The van der Waals surface area contributed by atoms with Crippen LogP contribution < -0.4 is 29.6 Å². The van der Waals surface area contributed by atoms with Gasteiger partial charge in [0.1, 0.15) is 0 Å². The number of hydrogen-bond acceptors (Lipinski definition) is 2. The number of nitrogens with zero attached hydrogens (tertiary/aromatic N) is 1. The zero-order valence-corrected chi connectivity index (χ0v) is 13.7. The van der Waals surface area contributed by atoms with Gasteiger partial charge in [0.25, 0.3) is 0 Å². The van der Waals surface area contributed by atoms with Crippen LogP contribution >= 0.6 is 0 Å². The van der Waals surface area contributed by atoms with Gasteiger partial charge in [-0.3, -0.25) is 0 Å². The Morgan fingerprint density at radius 2 is 1.22 bits per heavy atom. The maximum absolute atomic E-state index is 5.52. The first-order valence-corrected chi connectivity index (χ1v) is 11.6. The Balaban J connectivity index is 0.00000162. The third kappa shape index (κ3) is 3.31. The molecule has 0 saturated heterocycles. The number of rotatable bonds is 4. The average Bonchev–Trinajstić information content (AvgIpc) is 2.91. The van der Waals surface area contributed by atoms with Crippen molar-refractivity contribution in [1.82, 2.24) is 0 Å². The Labute approximate surface area is 122 Å². The first-order chi connectivity index (χ1) is 7.92. The van der Waals surface area contributed by atoms with Crippen LogP contribution in [0.1, 0.15) is 0 Å². The van der Waals surface area contributed by atoms with E-state index < -0.39 is 16.5 Å². The molecule has 0 aliphatic rings. The summed E-state index contributed by atoms with van der Waals surface area (Å²) in [6.07, 6.45) is 3.45. The summed E-state index contributed by atoms with van der Waals surface area (Å²) in [5.74, 6) is 0. The molecule has 0 aliphatic heterocycles. The second-order valence-electron chi connectivity index (χ2n) is 5.18. The van der Waals surface area contributed by atoms with Crippen LogP contribution in [0.5, 0.6) is 0 Å². The summed E-state index contributed by atoms with van der Waals surface area (Å²) in [5, 5.41) is 2.06. The Hall–Kier alpha value is -0.449.